The van der Waals surface area contributed by atoms with Crippen LogP contribution in [0, 0.1) is 5.92 Å². The molecule has 0 bridgehead atoms. The molecule has 1 saturated carbocycles. The number of hydrogen-bond donors (Lipinski definition) is 2. The van der Waals surface area contributed by atoms with E-state index in [2.05, 4.69) is 22.5 Å². The van der Waals surface area contributed by atoms with Crippen LogP contribution in [0.2, 0.25) is 0 Å². The van der Waals surface area contributed by atoms with Gasteiger partial charge in [0.15, 0.2) is 5.96 Å². The third kappa shape index (κ3) is 8.77. The van der Waals surface area contributed by atoms with E-state index in [1.165, 1.54) is 12.8 Å². The zero-order chi connectivity index (χ0) is 15.7. The Morgan fingerprint density at radius 3 is 2.59 bits per heavy atom. The van der Waals surface area contributed by atoms with Gasteiger partial charge in [0.1, 0.15) is 6.54 Å². The van der Waals surface area contributed by atoms with Crippen LogP contribution in [-0.4, -0.2) is 63.7 Å². The molecule has 0 aromatic carbocycles. The van der Waals surface area contributed by atoms with Gasteiger partial charge in [0.25, 0.3) is 0 Å². The van der Waals surface area contributed by atoms with E-state index in [4.69, 9.17) is 4.74 Å². The fourth-order valence-corrected chi connectivity index (χ4v) is 1.97. The summed E-state index contributed by atoms with van der Waals surface area (Å²) in [5.74, 6) is 1.38. The minimum absolute atomic E-state index is 0. The van der Waals surface area contributed by atoms with Gasteiger partial charge in [-0.25, -0.2) is 4.99 Å². The van der Waals surface area contributed by atoms with Crippen molar-refractivity contribution in [2.75, 3.05) is 40.9 Å². The van der Waals surface area contributed by atoms with E-state index in [9.17, 15) is 4.79 Å². The van der Waals surface area contributed by atoms with Crippen LogP contribution in [0.1, 0.15) is 32.6 Å². The lowest BCUT2D eigenvalue weighted by molar-refractivity contribution is -0.127. The first-order valence-electron chi connectivity index (χ1n) is 7.82. The van der Waals surface area contributed by atoms with Crippen molar-refractivity contribution in [2.24, 2.45) is 10.9 Å². The van der Waals surface area contributed by atoms with E-state index in [-0.39, 0.29) is 42.5 Å². The molecule has 1 aliphatic rings. The number of rotatable bonds is 9. The summed E-state index contributed by atoms with van der Waals surface area (Å²) in [6, 6.07) is 0.275. The number of carbonyl (C=O) groups excluding carboxylic acids is 1. The Labute approximate surface area is 151 Å². The normalized spacial score (nSPS) is 15.7. The number of guanidine groups is 1. The lowest BCUT2D eigenvalue weighted by Crippen LogP contribution is -2.47. The highest BCUT2D eigenvalue weighted by Gasteiger charge is 2.31. The van der Waals surface area contributed by atoms with Gasteiger partial charge < -0.3 is 20.3 Å². The van der Waals surface area contributed by atoms with Crippen molar-refractivity contribution in [1.29, 1.82) is 0 Å². The maximum Gasteiger partial charge on any atom is 0.243 e. The van der Waals surface area contributed by atoms with Gasteiger partial charge >= 0.3 is 0 Å². The van der Waals surface area contributed by atoms with E-state index in [0.717, 1.165) is 19.4 Å². The smallest absolute Gasteiger partial charge is 0.243 e. The predicted molar refractivity (Wildman–Crippen MR) is 101 cm³/mol. The van der Waals surface area contributed by atoms with Crippen LogP contribution >= 0.6 is 24.0 Å². The topological polar surface area (TPSA) is 66.0 Å². The SMILES string of the molecule is CCCCNC(=NCC(=O)N(C)C)NC(COC)C1CC1.I. The second-order valence-electron chi connectivity index (χ2n) is 5.78. The quantitative estimate of drug-likeness (QED) is 0.254. The molecule has 0 aromatic heterocycles. The van der Waals surface area contributed by atoms with Crippen molar-refractivity contribution in [2.45, 2.75) is 38.6 Å². The molecule has 22 heavy (non-hydrogen) atoms. The van der Waals surface area contributed by atoms with Gasteiger partial charge in [0, 0.05) is 27.7 Å². The van der Waals surface area contributed by atoms with Crippen molar-refractivity contribution in [3.05, 3.63) is 0 Å². The fraction of sp³-hybridized carbons (Fsp3) is 0.867. The molecular formula is C15H31IN4O2. The van der Waals surface area contributed by atoms with Crippen LogP contribution < -0.4 is 10.6 Å². The van der Waals surface area contributed by atoms with E-state index < -0.39 is 0 Å². The third-order valence-electron chi connectivity index (χ3n) is 3.55. The number of carbonyl (C=O) groups is 1. The average molecular weight is 426 g/mol. The first-order chi connectivity index (χ1) is 10.1. The molecule has 0 saturated heterocycles. The number of unbranched alkanes of at least 4 members (excludes halogenated alkanes) is 1. The molecule has 2 N–H and O–H groups in total. The molecule has 1 fully saturated rings. The molecular weight excluding hydrogens is 395 g/mol. The number of ether oxygens (including phenoxy) is 1. The molecule has 0 radical (unpaired) electrons. The first kappa shape index (κ1) is 21.4. The minimum Gasteiger partial charge on any atom is -0.383 e. The van der Waals surface area contributed by atoms with Crippen molar-refractivity contribution in [3.63, 3.8) is 0 Å². The number of amides is 1. The van der Waals surface area contributed by atoms with Crippen molar-refractivity contribution in [1.82, 2.24) is 15.5 Å². The van der Waals surface area contributed by atoms with Crippen LogP contribution in [0.4, 0.5) is 0 Å². The van der Waals surface area contributed by atoms with Crippen LogP contribution in [-0.2, 0) is 9.53 Å². The van der Waals surface area contributed by atoms with Gasteiger partial charge in [-0.3, -0.25) is 4.79 Å². The molecule has 1 amide bonds. The number of hydrogen-bond acceptors (Lipinski definition) is 3. The maximum absolute atomic E-state index is 11.7. The highest BCUT2D eigenvalue weighted by molar-refractivity contribution is 14.0. The summed E-state index contributed by atoms with van der Waals surface area (Å²) < 4.78 is 5.28. The second kappa shape index (κ2) is 11.9. The number of methoxy groups -OCH3 is 1. The largest absolute Gasteiger partial charge is 0.383 e. The Kier molecular flexibility index (Phi) is 11.6. The molecule has 1 unspecified atom stereocenters. The van der Waals surface area contributed by atoms with E-state index >= 15 is 0 Å². The molecule has 0 aromatic rings. The van der Waals surface area contributed by atoms with Gasteiger partial charge in [-0.15, -0.1) is 24.0 Å². The summed E-state index contributed by atoms with van der Waals surface area (Å²) in [5.41, 5.74) is 0. The molecule has 6 nitrogen and oxygen atoms in total. The van der Waals surface area contributed by atoms with Gasteiger partial charge in [-0.05, 0) is 25.2 Å². The zero-order valence-corrected chi connectivity index (χ0v) is 16.6. The highest BCUT2D eigenvalue weighted by Crippen LogP contribution is 2.32. The molecule has 1 rings (SSSR count). The van der Waals surface area contributed by atoms with Crippen LogP contribution in [0.3, 0.4) is 0 Å². The lowest BCUT2D eigenvalue weighted by Gasteiger charge is -2.21. The Bertz CT molecular complexity index is 346. The van der Waals surface area contributed by atoms with Gasteiger partial charge in [0.05, 0.1) is 12.6 Å². The molecule has 0 spiro atoms. The summed E-state index contributed by atoms with van der Waals surface area (Å²) in [6.45, 7) is 3.85. The second-order valence-corrected chi connectivity index (χ2v) is 5.78. The van der Waals surface area contributed by atoms with Gasteiger partial charge in [-0.2, -0.15) is 0 Å². The standard InChI is InChI=1S/C15H30N4O2.HI/c1-5-6-9-16-15(17-10-14(20)19(2)3)18-13(11-21-4)12-7-8-12;/h12-13H,5-11H2,1-4H3,(H2,16,17,18);1H. The van der Waals surface area contributed by atoms with Crippen LogP contribution in [0.5, 0.6) is 0 Å². The highest BCUT2D eigenvalue weighted by atomic mass is 127. The molecule has 0 aliphatic heterocycles. The van der Waals surface area contributed by atoms with Crippen LogP contribution in [0.25, 0.3) is 0 Å². The predicted octanol–water partition coefficient (Wildman–Crippen LogP) is 1.45. The Balaban J connectivity index is 0.00000441. The first-order valence-corrected chi connectivity index (χ1v) is 7.82. The van der Waals surface area contributed by atoms with Crippen molar-refractivity contribution < 1.29 is 9.53 Å². The van der Waals surface area contributed by atoms with Gasteiger partial charge in [-0.1, -0.05) is 13.3 Å². The number of likely N-dealkylation sites (N-methyl/N-ethyl adjacent to an activating group) is 1. The summed E-state index contributed by atoms with van der Waals surface area (Å²) >= 11 is 0. The Morgan fingerprint density at radius 2 is 2.09 bits per heavy atom. The summed E-state index contributed by atoms with van der Waals surface area (Å²) in [7, 11) is 5.20. The van der Waals surface area contributed by atoms with Crippen molar-refractivity contribution in [3.8, 4) is 0 Å². The lowest BCUT2D eigenvalue weighted by atomic mass is 10.2. The van der Waals surface area contributed by atoms with Crippen molar-refractivity contribution >= 4 is 35.8 Å². The minimum atomic E-state index is 0. The zero-order valence-electron chi connectivity index (χ0n) is 14.2. The molecule has 130 valence electrons. The van der Waals surface area contributed by atoms with Crippen LogP contribution in [0.15, 0.2) is 4.99 Å². The van der Waals surface area contributed by atoms with E-state index in [1.807, 2.05) is 0 Å². The van der Waals surface area contributed by atoms with Gasteiger partial charge in [0.2, 0.25) is 5.91 Å². The summed E-state index contributed by atoms with van der Waals surface area (Å²) in [5, 5.41) is 6.71. The average Bonchev–Trinajstić information content (AvgIpc) is 3.28. The number of nitrogens with zero attached hydrogens (tertiary/aromatic N) is 2. The fourth-order valence-electron chi connectivity index (χ4n) is 1.97. The summed E-state index contributed by atoms with van der Waals surface area (Å²) in [4.78, 5) is 17.6. The molecule has 0 heterocycles. The summed E-state index contributed by atoms with van der Waals surface area (Å²) in [6.07, 6.45) is 4.68. The van der Waals surface area contributed by atoms with E-state index in [0.29, 0.717) is 18.5 Å². The number of halogens is 1. The molecule has 1 atom stereocenters. The number of aliphatic imine (C=N–C) groups is 1. The number of nitrogens with one attached hydrogen (secondary N) is 2. The monoisotopic (exact) mass is 426 g/mol. The Hall–Kier alpha value is -0.570. The molecule has 7 heteroatoms. The third-order valence-corrected chi connectivity index (χ3v) is 3.55. The Morgan fingerprint density at radius 1 is 1.41 bits per heavy atom. The van der Waals surface area contributed by atoms with E-state index in [1.54, 1.807) is 26.1 Å². The maximum atomic E-state index is 11.7. The molecule has 1 aliphatic carbocycles.